The number of hydrogen-bond acceptors (Lipinski definition) is 7. The van der Waals surface area contributed by atoms with Crippen LogP contribution in [0.25, 0.3) is 5.69 Å². The molecule has 1 aliphatic heterocycles. The molecule has 3 heterocycles. The van der Waals surface area contributed by atoms with Crippen molar-refractivity contribution in [3.05, 3.63) is 48.9 Å². The number of carbonyl (C=O) groups excluding carboxylic acids is 1. The largest absolute Gasteiger partial charge is 0.497 e. The molecule has 1 amide bonds. The first kappa shape index (κ1) is 19.3. The van der Waals surface area contributed by atoms with Crippen LogP contribution in [-0.2, 0) is 4.79 Å². The average Bonchev–Trinajstić information content (AvgIpc) is 3.45. The van der Waals surface area contributed by atoms with Crippen molar-refractivity contribution >= 4 is 29.2 Å². The van der Waals surface area contributed by atoms with Crippen LogP contribution in [-0.4, -0.2) is 51.6 Å². The second kappa shape index (κ2) is 8.95. The van der Waals surface area contributed by atoms with Crippen molar-refractivity contribution in [2.24, 2.45) is 0 Å². The third kappa shape index (κ3) is 4.68. The Bertz CT molecular complexity index is 952. The smallest absolute Gasteiger partial charge is 0.234 e. The van der Waals surface area contributed by atoms with E-state index < -0.39 is 0 Å². The summed E-state index contributed by atoms with van der Waals surface area (Å²) in [5, 5.41) is 11.6. The van der Waals surface area contributed by atoms with Gasteiger partial charge in [-0.25, -0.2) is 4.98 Å². The summed E-state index contributed by atoms with van der Waals surface area (Å²) in [5.74, 6) is 1.85. The van der Waals surface area contributed by atoms with E-state index in [0.29, 0.717) is 10.8 Å². The molecule has 1 saturated heterocycles. The van der Waals surface area contributed by atoms with E-state index in [2.05, 4.69) is 25.4 Å². The molecule has 0 spiro atoms. The van der Waals surface area contributed by atoms with Crippen LogP contribution in [0.1, 0.15) is 12.8 Å². The predicted octanol–water partition coefficient (Wildman–Crippen LogP) is 3.00. The third-order valence-electron chi connectivity index (χ3n) is 4.66. The first-order valence-corrected chi connectivity index (χ1v) is 10.4. The number of aromatic nitrogens is 4. The van der Waals surface area contributed by atoms with Crippen molar-refractivity contribution in [3.63, 3.8) is 0 Å². The first-order valence-electron chi connectivity index (χ1n) is 9.41. The molecule has 1 aromatic carbocycles. The monoisotopic (exact) mass is 410 g/mol. The number of methoxy groups -OCH3 is 1. The van der Waals surface area contributed by atoms with Gasteiger partial charge in [0.15, 0.2) is 5.16 Å². The lowest BCUT2D eigenvalue weighted by Gasteiger charge is -2.16. The number of thioether (sulfide) groups is 1. The molecule has 29 heavy (non-hydrogen) atoms. The Morgan fingerprint density at radius 1 is 1.17 bits per heavy atom. The molecule has 0 radical (unpaired) electrons. The fourth-order valence-electron chi connectivity index (χ4n) is 3.16. The number of nitrogens with zero attached hydrogens (tertiary/aromatic N) is 5. The molecule has 2 aromatic heterocycles. The summed E-state index contributed by atoms with van der Waals surface area (Å²) >= 11 is 1.33. The molecule has 1 aliphatic rings. The van der Waals surface area contributed by atoms with E-state index in [1.807, 2.05) is 41.0 Å². The highest BCUT2D eigenvalue weighted by atomic mass is 32.2. The van der Waals surface area contributed by atoms with Gasteiger partial charge in [0, 0.05) is 18.8 Å². The van der Waals surface area contributed by atoms with Gasteiger partial charge in [-0.15, -0.1) is 10.2 Å². The van der Waals surface area contributed by atoms with Crippen molar-refractivity contribution in [3.8, 4) is 11.4 Å². The van der Waals surface area contributed by atoms with Gasteiger partial charge in [-0.2, -0.15) is 0 Å². The van der Waals surface area contributed by atoms with E-state index in [4.69, 9.17) is 4.74 Å². The van der Waals surface area contributed by atoms with Crippen LogP contribution in [0.5, 0.6) is 5.75 Å². The minimum atomic E-state index is -0.116. The van der Waals surface area contributed by atoms with E-state index in [-0.39, 0.29) is 11.7 Å². The maximum Gasteiger partial charge on any atom is 0.234 e. The lowest BCUT2D eigenvalue weighted by atomic mass is 10.3. The van der Waals surface area contributed by atoms with Crippen LogP contribution in [0.3, 0.4) is 0 Å². The van der Waals surface area contributed by atoms with Crippen LogP contribution in [0.15, 0.2) is 54.1 Å². The second-order valence-electron chi connectivity index (χ2n) is 6.62. The van der Waals surface area contributed by atoms with Crippen molar-refractivity contribution in [1.29, 1.82) is 0 Å². The summed E-state index contributed by atoms with van der Waals surface area (Å²) in [6.45, 7) is 2.09. The number of hydrogen-bond donors (Lipinski definition) is 1. The zero-order chi connectivity index (χ0) is 20.1. The third-order valence-corrected chi connectivity index (χ3v) is 5.60. The van der Waals surface area contributed by atoms with Crippen LogP contribution < -0.4 is 15.0 Å². The van der Waals surface area contributed by atoms with Crippen molar-refractivity contribution in [1.82, 2.24) is 19.7 Å². The van der Waals surface area contributed by atoms with Gasteiger partial charge < -0.3 is 15.0 Å². The minimum absolute atomic E-state index is 0.116. The lowest BCUT2D eigenvalue weighted by Crippen LogP contribution is -2.19. The van der Waals surface area contributed by atoms with Gasteiger partial charge in [0.25, 0.3) is 0 Å². The maximum absolute atomic E-state index is 12.3. The number of rotatable bonds is 7. The molecule has 0 aliphatic carbocycles. The average molecular weight is 411 g/mol. The van der Waals surface area contributed by atoms with Gasteiger partial charge >= 0.3 is 0 Å². The minimum Gasteiger partial charge on any atom is -0.497 e. The standard InChI is InChI=1S/C20H22N6O2S/c1-28-17-7-5-16(6-8-17)26-14-22-24-20(26)29-13-19(27)23-15-4-9-18(21-12-15)25-10-2-3-11-25/h4-9,12,14H,2-3,10-11,13H2,1H3,(H,23,27). The highest BCUT2D eigenvalue weighted by Crippen LogP contribution is 2.22. The Morgan fingerprint density at radius 2 is 1.97 bits per heavy atom. The molecule has 0 saturated carbocycles. The molecule has 0 unspecified atom stereocenters. The molecule has 1 N–H and O–H groups in total. The van der Waals surface area contributed by atoms with E-state index in [1.165, 1.54) is 24.6 Å². The van der Waals surface area contributed by atoms with Gasteiger partial charge in [-0.3, -0.25) is 9.36 Å². The van der Waals surface area contributed by atoms with E-state index in [1.54, 1.807) is 19.6 Å². The van der Waals surface area contributed by atoms with E-state index in [9.17, 15) is 4.79 Å². The first-order chi connectivity index (χ1) is 14.2. The zero-order valence-electron chi connectivity index (χ0n) is 16.1. The summed E-state index contributed by atoms with van der Waals surface area (Å²) in [5.41, 5.74) is 1.59. The van der Waals surface area contributed by atoms with Gasteiger partial charge in [-0.1, -0.05) is 11.8 Å². The fraction of sp³-hybridized carbons (Fsp3) is 0.300. The molecule has 9 heteroatoms. The van der Waals surface area contributed by atoms with Crippen LogP contribution in [0, 0.1) is 0 Å². The molecule has 0 atom stereocenters. The summed E-state index contributed by atoms with van der Waals surface area (Å²) in [6, 6.07) is 11.4. The summed E-state index contributed by atoms with van der Waals surface area (Å²) in [4.78, 5) is 19.1. The van der Waals surface area contributed by atoms with Gasteiger partial charge in [0.2, 0.25) is 5.91 Å². The SMILES string of the molecule is COc1ccc(-n2cnnc2SCC(=O)Nc2ccc(N3CCCC3)nc2)cc1. The molecule has 0 bridgehead atoms. The number of amides is 1. The number of benzene rings is 1. The summed E-state index contributed by atoms with van der Waals surface area (Å²) in [6.07, 6.45) is 5.75. The maximum atomic E-state index is 12.3. The molecule has 8 nitrogen and oxygen atoms in total. The molecular formula is C20H22N6O2S. The molecular weight excluding hydrogens is 388 g/mol. The number of anilines is 2. The summed E-state index contributed by atoms with van der Waals surface area (Å²) < 4.78 is 7.02. The van der Waals surface area contributed by atoms with Crippen LogP contribution >= 0.6 is 11.8 Å². The van der Waals surface area contributed by atoms with Gasteiger partial charge in [0.05, 0.1) is 24.7 Å². The number of ether oxygens (including phenoxy) is 1. The number of pyridine rings is 1. The topological polar surface area (TPSA) is 85.2 Å². The zero-order valence-corrected chi connectivity index (χ0v) is 16.9. The highest BCUT2D eigenvalue weighted by molar-refractivity contribution is 7.99. The second-order valence-corrected chi connectivity index (χ2v) is 7.56. The van der Waals surface area contributed by atoms with Gasteiger partial charge in [0.1, 0.15) is 17.9 Å². The van der Waals surface area contributed by atoms with Crippen molar-refractivity contribution in [2.45, 2.75) is 18.0 Å². The van der Waals surface area contributed by atoms with Crippen LogP contribution in [0.2, 0.25) is 0 Å². The Hall–Kier alpha value is -3.07. The lowest BCUT2D eigenvalue weighted by molar-refractivity contribution is -0.113. The number of carbonyl (C=O) groups is 1. The molecule has 1 fully saturated rings. The highest BCUT2D eigenvalue weighted by Gasteiger charge is 2.14. The quantitative estimate of drug-likeness (QED) is 0.599. The number of nitrogens with one attached hydrogen (secondary N) is 1. The Morgan fingerprint density at radius 3 is 2.66 bits per heavy atom. The Balaban J connectivity index is 1.33. The van der Waals surface area contributed by atoms with Gasteiger partial charge in [-0.05, 0) is 49.2 Å². The normalized spacial score (nSPS) is 13.5. The molecule has 4 rings (SSSR count). The van der Waals surface area contributed by atoms with E-state index >= 15 is 0 Å². The van der Waals surface area contributed by atoms with Crippen LogP contribution in [0.4, 0.5) is 11.5 Å². The van der Waals surface area contributed by atoms with E-state index in [0.717, 1.165) is 30.3 Å². The Labute approximate surface area is 173 Å². The summed E-state index contributed by atoms with van der Waals surface area (Å²) in [7, 11) is 1.63. The van der Waals surface area contributed by atoms with Crippen molar-refractivity contribution in [2.75, 3.05) is 36.2 Å². The molecule has 150 valence electrons. The predicted molar refractivity (Wildman–Crippen MR) is 113 cm³/mol. The fourth-order valence-corrected chi connectivity index (χ4v) is 3.89. The molecule has 3 aromatic rings. The Kier molecular flexibility index (Phi) is 5.95. The van der Waals surface area contributed by atoms with Crippen molar-refractivity contribution < 1.29 is 9.53 Å².